The predicted molar refractivity (Wildman–Crippen MR) is 51.6 cm³/mol. The number of Topliss-reactive ketones (excluding diaryl/α,β-unsaturated/α-hetero) is 1. The van der Waals surface area contributed by atoms with Gasteiger partial charge in [0.15, 0.2) is 3.92 Å². The summed E-state index contributed by atoms with van der Waals surface area (Å²) in [5.74, 6) is 0.314. The average Bonchev–Trinajstić information content (AvgIpc) is 2.43. The fourth-order valence-corrected chi connectivity index (χ4v) is 3.23. The van der Waals surface area contributed by atoms with Gasteiger partial charge in [-0.1, -0.05) is 0 Å². The summed E-state index contributed by atoms with van der Waals surface area (Å²) in [4.78, 5) is 16.8. The van der Waals surface area contributed by atoms with Crippen molar-refractivity contribution in [1.29, 1.82) is 0 Å². The molecule has 0 fully saturated rings. The zero-order valence-electron chi connectivity index (χ0n) is 6.63. The number of hydrogen-bond donors (Lipinski definition) is 0. The monoisotopic (exact) mass is 245 g/mol. The zero-order valence-corrected chi connectivity index (χ0v) is 9.04. The molecule has 12 heavy (non-hydrogen) atoms. The van der Waals surface area contributed by atoms with E-state index in [2.05, 4.69) is 20.9 Å². The van der Waals surface area contributed by atoms with Crippen LogP contribution in [-0.2, 0) is 11.2 Å². The number of rotatable bonds is 1. The Morgan fingerprint density at radius 1 is 1.75 bits per heavy atom. The van der Waals surface area contributed by atoms with Gasteiger partial charge in [0.05, 0.1) is 11.6 Å². The van der Waals surface area contributed by atoms with Crippen LogP contribution in [0, 0.1) is 0 Å². The molecule has 2 rings (SSSR count). The van der Waals surface area contributed by atoms with Crippen molar-refractivity contribution in [2.45, 2.75) is 25.7 Å². The Bertz CT molecular complexity index is 334. The van der Waals surface area contributed by atoms with Crippen molar-refractivity contribution in [3.63, 3.8) is 0 Å². The largest absolute Gasteiger partial charge is 0.299 e. The van der Waals surface area contributed by atoms with E-state index < -0.39 is 0 Å². The molecule has 0 aliphatic heterocycles. The van der Waals surface area contributed by atoms with E-state index in [9.17, 15) is 4.79 Å². The van der Waals surface area contributed by atoms with E-state index in [1.165, 1.54) is 4.88 Å². The molecule has 0 amide bonds. The normalized spacial score (nSPS) is 21.0. The highest BCUT2D eigenvalue weighted by atomic mass is 79.9. The molecule has 1 aliphatic rings. The highest BCUT2D eigenvalue weighted by molar-refractivity contribution is 9.11. The van der Waals surface area contributed by atoms with E-state index in [-0.39, 0.29) is 11.7 Å². The molecule has 1 heterocycles. The molecule has 2 nitrogen and oxygen atoms in total. The second-order valence-electron chi connectivity index (χ2n) is 2.98. The van der Waals surface area contributed by atoms with E-state index in [1.807, 2.05) is 0 Å². The molecule has 1 aliphatic carbocycles. The van der Waals surface area contributed by atoms with Gasteiger partial charge in [-0.2, -0.15) is 0 Å². The van der Waals surface area contributed by atoms with Crippen molar-refractivity contribution in [3.05, 3.63) is 14.5 Å². The van der Waals surface area contributed by atoms with Gasteiger partial charge in [0, 0.05) is 4.88 Å². The lowest BCUT2D eigenvalue weighted by Crippen LogP contribution is -2.05. The van der Waals surface area contributed by atoms with Gasteiger partial charge in [-0.15, -0.1) is 11.3 Å². The summed E-state index contributed by atoms with van der Waals surface area (Å²) in [6, 6.07) is 0. The Morgan fingerprint density at radius 2 is 2.50 bits per heavy atom. The number of thiazole rings is 1. The van der Waals surface area contributed by atoms with Gasteiger partial charge >= 0.3 is 0 Å². The van der Waals surface area contributed by atoms with Gasteiger partial charge in [-0.3, -0.25) is 4.79 Å². The van der Waals surface area contributed by atoms with Crippen LogP contribution in [0.2, 0.25) is 0 Å². The Hall–Kier alpha value is -0.220. The van der Waals surface area contributed by atoms with Crippen LogP contribution in [0.5, 0.6) is 0 Å². The number of aryl methyl sites for hydroxylation is 1. The quantitative estimate of drug-likeness (QED) is 0.762. The van der Waals surface area contributed by atoms with Crippen LogP contribution in [0.15, 0.2) is 3.92 Å². The van der Waals surface area contributed by atoms with Crippen LogP contribution < -0.4 is 0 Å². The molecule has 0 saturated heterocycles. The SMILES string of the molecule is CC(=O)C1CCc2sc(Br)nc21. The number of fused-ring (bicyclic) bond motifs is 1. The Kier molecular flexibility index (Phi) is 2.04. The van der Waals surface area contributed by atoms with E-state index in [0.717, 1.165) is 22.5 Å². The fraction of sp³-hybridized carbons (Fsp3) is 0.500. The first-order valence-electron chi connectivity index (χ1n) is 3.84. The van der Waals surface area contributed by atoms with Crippen molar-refractivity contribution in [2.24, 2.45) is 0 Å². The Morgan fingerprint density at radius 3 is 3.17 bits per heavy atom. The molecular formula is C8H8BrNOS. The fourth-order valence-electron chi connectivity index (χ4n) is 1.59. The molecule has 4 heteroatoms. The molecular weight excluding hydrogens is 238 g/mol. The summed E-state index contributed by atoms with van der Waals surface area (Å²) < 4.78 is 0.901. The number of aromatic nitrogens is 1. The standard InChI is InChI=1S/C8H8BrNOS/c1-4(11)5-2-3-6-7(5)10-8(9)12-6/h5H,2-3H2,1H3. The van der Waals surface area contributed by atoms with Crippen molar-refractivity contribution in [2.75, 3.05) is 0 Å². The summed E-state index contributed by atoms with van der Waals surface area (Å²) in [5, 5.41) is 0. The number of carbonyl (C=O) groups excluding carboxylic acids is 1. The first kappa shape index (κ1) is 8.38. The van der Waals surface area contributed by atoms with Crippen molar-refractivity contribution in [3.8, 4) is 0 Å². The first-order valence-corrected chi connectivity index (χ1v) is 5.45. The van der Waals surface area contributed by atoms with Crippen LogP contribution in [0.1, 0.15) is 29.8 Å². The molecule has 64 valence electrons. The van der Waals surface area contributed by atoms with Crippen molar-refractivity contribution >= 4 is 33.0 Å². The summed E-state index contributed by atoms with van der Waals surface area (Å²) in [7, 11) is 0. The number of ketones is 1. The van der Waals surface area contributed by atoms with Crippen molar-refractivity contribution in [1.82, 2.24) is 4.98 Å². The number of carbonyl (C=O) groups is 1. The third-order valence-electron chi connectivity index (χ3n) is 2.18. The molecule has 0 saturated carbocycles. The summed E-state index contributed by atoms with van der Waals surface area (Å²) >= 11 is 4.98. The lowest BCUT2D eigenvalue weighted by atomic mass is 10.0. The molecule has 0 spiro atoms. The highest BCUT2D eigenvalue weighted by Crippen LogP contribution is 2.38. The predicted octanol–water partition coefficient (Wildman–Crippen LogP) is 2.52. The van der Waals surface area contributed by atoms with Crippen molar-refractivity contribution < 1.29 is 4.79 Å². The number of hydrogen-bond acceptors (Lipinski definition) is 3. The summed E-state index contributed by atoms with van der Waals surface area (Å²) in [6.45, 7) is 1.65. The smallest absolute Gasteiger partial charge is 0.159 e. The second-order valence-corrected chi connectivity index (χ2v) is 5.34. The topological polar surface area (TPSA) is 30.0 Å². The minimum absolute atomic E-state index is 0.0718. The van der Waals surface area contributed by atoms with Gasteiger partial charge < -0.3 is 0 Å². The zero-order chi connectivity index (χ0) is 8.72. The van der Waals surface area contributed by atoms with E-state index in [4.69, 9.17) is 0 Å². The van der Waals surface area contributed by atoms with Crippen LogP contribution in [0.3, 0.4) is 0 Å². The van der Waals surface area contributed by atoms with Crippen LogP contribution in [0.25, 0.3) is 0 Å². The molecule has 0 bridgehead atoms. The molecule has 1 aromatic rings. The van der Waals surface area contributed by atoms with Crippen LogP contribution >= 0.6 is 27.3 Å². The molecule has 1 unspecified atom stereocenters. The summed E-state index contributed by atoms with van der Waals surface area (Å²) in [6.07, 6.45) is 1.97. The third-order valence-corrected chi connectivity index (χ3v) is 3.76. The minimum atomic E-state index is 0.0718. The van der Waals surface area contributed by atoms with E-state index in [1.54, 1.807) is 18.3 Å². The van der Waals surface area contributed by atoms with E-state index >= 15 is 0 Å². The lowest BCUT2D eigenvalue weighted by molar-refractivity contribution is -0.118. The Balaban J connectivity index is 2.41. The average molecular weight is 246 g/mol. The number of halogens is 1. The maximum absolute atomic E-state index is 11.2. The molecule has 0 aromatic carbocycles. The van der Waals surface area contributed by atoms with Gasteiger partial charge in [0.1, 0.15) is 5.78 Å². The number of nitrogens with zero attached hydrogens (tertiary/aromatic N) is 1. The lowest BCUT2D eigenvalue weighted by Gasteiger charge is -2.01. The van der Waals surface area contributed by atoms with Gasteiger partial charge in [0.25, 0.3) is 0 Å². The van der Waals surface area contributed by atoms with Gasteiger partial charge in [-0.05, 0) is 35.7 Å². The van der Waals surface area contributed by atoms with Gasteiger partial charge in [-0.25, -0.2) is 4.98 Å². The summed E-state index contributed by atoms with van der Waals surface area (Å²) in [5.41, 5.74) is 1.01. The maximum Gasteiger partial charge on any atom is 0.159 e. The first-order chi connectivity index (χ1) is 5.68. The van der Waals surface area contributed by atoms with Gasteiger partial charge in [0.2, 0.25) is 0 Å². The molecule has 1 aromatic heterocycles. The maximum atomic E-state index is 11.2. The highest BCUT2D eigenvalue weighted by Gasteiger charge is 2.29. The Labute approximate surface area is 83.1 Å². The minimum Gasteiger partial charge on any atom is -0.299 e. The molecule has 1 atom stereocenters. The third kappa shape index (κ3) is 1.23. The molecule has 0 radical (unpaired) electrons. The van der Waals surface area contributed by atoms with E-state index in [0.29, 0.717) is 0 Å². The van der Waals surface area contributed by atoms with Crippen LogP contribution in [-0.4, -0.2) is 10.8 Å². The second kappa shape index (κ2) is 2.92. The molecule has 0 N–H and O–H groups in total. The van der Waals surface area contributed by atoms with Crippen LogP contribution in [0.4, 0.5) is 0 Å².